The van der Waals surface area contributed by atoms with Crippen molar-refractivity contribution < 1.29 is 17.9 Å². The number of hydrogen-bond donors (Lipinski definition) is 2. The number of nitrogens with one attached hydrogen (secondary N) is 2. The van der Waals surface area contributed by atoms with Gasteiger partial charge in [-0.2, -0.15) is 0 Å². The number of benzene rings is 3. The molecule has 0 aliphatic rings. The average Bonchev–Trinajstić information content (AvgIpc) is 2.77. The lowest BCUT2D eigenvalue weighted by atomic mass is 10.1. The number of hydrogen-bond acceptors (Lipinski definition) is 4. The standard InChI is InChI=1S/C23H23ClN2O4S/c1-30-22-13-10-19(24)15-21(22)26-23(27)14-9-17-7-11-20(12-8-17)31(28,29)25-16-18-5-3-2-4-6-18/h2-8,10-13,15,25H,9,14,16H2,1H3,(H,26,27). The van der Waals surface area contributed by atoms with E-state index < -0.39 is 10.0 Å². The van der Waals surface area contributed by atoms with Crippen LogP contribution in [-0.2, 0) is 27.8 Å². The van der Waals surface area contributed by atoms with Gasteiger partial charge in [-0.15, -0.1) is 0 Å². The van der Waals surface area contributed by atoms with Gasteiger partial charge >= 0.3 is 0 Å². The molecule has 3 aromatic carbocycles. The minimum absolute atomic E-state index is 0.181. The molecule has 8 heteroatoms. The summed E-state index contributed by atoms with van der Waals surface area (Å²) in [6.45, 7) is 0.220. The molecule has 3 rings (SSSR count). The highest BCUT2D eigenvalue weighted by Gasteiger charge is 2.14. The maximum Gasteiger partial charge on any atom is 0.240 e. The molecule has 0 bridgehead atoms. The van der Waals surface area contributed by atoms with Gasteiger partial charge in [0.15, 0.2) is 0 Å². The highest BCUT2D eigenvalue weighted by Crippen LogP contribution is 2.27. The molecule has 31 heavy (non-hydrogen) atoms. The fraction of sp³-hybridized carbons (Fsp3) is 0.174. The SMILES string of the molecule is COc1ccc(Cl)cc1NC(=O)CCc1ccc(S(=O)(=O)NCc2ccccc2)cc1. The Bertz CT molecular complexity index is 1130. The lowest BCUT2D eigenvalue weighted by molar-refractivity contribution is -0.116. The van der Waals surface area contributed by atoms with E-state index in [9.17, 15) is 13.2 Å². The lowest BCUT2D eigenvalue weighted by Gasteiger charge is -2.11. The first-order valence-electron chi connectivity index (χ1n) is 9.63. The second-order valence-electron chi connectivity index (χ2n) is 6.85. The van der Waals surface area contributed by atoms with Crippen LogP contribution in [0.2, 0.25) is 5.02 Å². The second-order valence-corrected chi connectivity index (χ2v) is 9.05. The van der Waals surface area contributed by atoms with Crippen molar-refractivity contribution in [3.63, 3.8) is 0 Å². The lowest BCUT2D eigenvalue weighted by Crippen LogP contribution is -2.23. The molecule has 0 spiro atoms. The number of carbonyl (C=O) groups is 1. The predicted octanol–water partition coefficient (Wildman–Crippen LogP) is 4.40. The van der Waals surface area contributed by atoms with Gasteiger partial charge in [0.2, 0.25) is 15.9 Å². The Kier molecular flexibility index (Phi) is 7.68. The van der Waals surface area contributed by atoms with Crippen molar-refractivity contribution in [1.82, 2.24) is 4.72 Å². The number of amides is 1. The summed E-state index contributed by atoms with van der Waals surface area (Å²) < 4.78 is 32.8. The molecule has 6 nitrogen and oxygen atoms in total. The average molecular weight is 459 g/mol. The molecular formula is C23H23ClN2O4S. The van der Waals surface area contributed by atoms with E-state index in [2.05, 4.69) is 10.0 Å². The summed E-state index contributed by atoms with van der Waals surface area (Å²) in [5, 5.41) is 3.28. The second kappa shape index (κ2) is 10.4. The topological polar surface area (TPSA) is 84.5 Å². The maximum absolute atomic E-state index is 12.5. The molecule has 0 heterocycles. The molecule has 0 radical (unpaired) electrons. The number of anilines is 1. The van der Waals surface area contributed by atoms with Crippen LogP contribution in [0.3, 0.4) is 0 Å². The molecule has 0 fully saturated rings. The zero-order chi connectivity index (χ0) is 22.3. The van der Waals surface area contributed by atoms with Gasteiger partial charge in [0, 0.05) is 18.0 Å². The normalized spacial score (nSPS) is 11.2. The third-order valence-electron chi connectivity index (χ3n) is 4.62. The molecule has 1 amide bonds. The number of methoxy groups -OCH3 is 1. The van der Waals surface area contributed by atoms with Crippen LogP contribution >= 0.6 is 11.6 Å². The number of halogens is 1. The van der Waals surface area contributed by atoms with E-state index in [0.29, 0.717) is 22.9 Å². The molecule has 0 saturated heterocycles. The highest BCUT2D eigenvalue weighted by molar-refractivity contribution is 7.89. The molecule has 0 unspecified atom stereocenters. The Morgan fingerprint density at radius 2 is 1.68 bits per heavy atom. The fourth-order valence-corrected chi connectivity index (χ4v) is 4.13. The molecule has 162 valence electrons. The quantitative estimate of drug-likeness (QED) is 0.497. The molecule has 2 N–H and O–H groups in total. The summed E-state index contributed by atoms with van der Waals surface area (Å²) in [7, 11) is -2.10. The first kappa shape index (κ1) is 22.8. The van der Waals surface area contributed by atoms with Gasteiger partial charge in [-0.05, 0) is 47.9 Å². The van der Waals surface area contributed by atoms with Crippen molar-refractivity contribution >= 4 is 33.2 Å². The van der Waals surface area contributed by atoms with Crippen LogP contribution < -0.4 is 14.8 Å². The van der Waals surface area contributed by atoms with E-state index in [1.807, 2.05) is 30.3 Å². The van der Waals surface area contributed by atoms with Gasteiger partial charge in [-0.25, -0.2) is 13.1 Å². The Labute approximate surface area is 187 Å². The van der Waals surface area contributed by atoms with Gasteiger partial charge in [-0.1, -0.05) is 54.1 Å². The van der Waals surface area contributed by atoms with Crippen molar-refractivity contribution in [3.8, 4) is 5.75 Å². The number of carbonyl (C=O) groups excluding carboxylic acids is 1. The summed E-state index contributed by atoms with van der Waals surface area (Å²) in [6.07, 6.45) is 0.695. The van der Waals surface area contributed by atoms with Crippen molar-refractivity contribution in [2.24, 2.45) is 0 Å². The highest BCUT2D eigenvalue weighted by atomic mass is 35.5. The van der Waals surface area contributed by atoms with Crippen LogP contribution in [0.1, 0.15) is 17.5 Å². The first-order chi connectivity index (χ1) is 14.9. The van der Waals surface area contributed by atoms with Crippen molar-refractivity contribution in [2.75, 3.05) is 12.4 Å². The molecule has 0 aliphatic heterocycles. The zero-order valence-electron chi connectivity index (χ0n) is 17.0. The summed E-state index contributed by atoms with van der Waals surface area (Å²) >= 11 is 5.98. The van der Waals surface area contributed by atoms with Crippen LogP contribution in [0.25, 0.3) is 0 Å². The Balaban J connectivity index is 1.55. The number of rotatable bonds is 9. The van der Waals surface area contributed by atoms with Crippen molar-refractivity contribution in [1.29, 1.82) is 0 Å². The molecule has 0 atom stereocenters. The van der Waals surface area contributed by atoms with Crippen LogP contribution in [0, 0.1) is 0 Å². The third kappa shape index (κ3) is 6.55. The predicted molar refractivity (Wildman–Crippen MR) is 122 cm³/mol. The summed E-state index contributed by atoms with van der Waals surface area (Å²) in [5.41, 5.74) is 2.24. The summed E-state index contributed by atoms with van der Waals surface area (Å²) in [5.74, 6) is 0.331. The minimum atomic E-state index is -3.61. The van der Waals surface area contributed by atoms with Gasteiger partial charge in [0.1, 0.15) is 5.75 Å². The molecule has 0 aromatic heterocycles. The van der Waals surface area contributed by atoms with Gasteiger partial charge < -0.3 is 10.1 Å². The summed E-state index contributed by atoms with van der Waals surface area (Å²) in [4.78, 5) is 12.5. The van der Waals surface area contributed by atoms with Gasteiger partial charge in [0.25, 0.3) is 0 Å². The van der Waals surface area contributed by atoms with Gasteiger partial charge in [0.05, 0.1) is 17.7 Å². The number of ether oxygens (including phenoxy) is 1. The van der Waals surface area contributed by atoms with E-state index in [1.54, 1.807) is 42.5 Å². The fourth-order valence-electron chi connectivity index (χ4n) is 2.94. The Morgan fingerprint density at radius 1 is 0.968 bits per heavy atom. The maximum atomic E-state index is 12.5. The number of aryl methyl sites for hydroxylation is 1. The minimum Gasteiger partial charge on any atom is -0.495 e. The molecule has 3 aromatic rings. The smallest absolute Gasteiger partial charge is 0.240 e. The van der Waals surface area contributed by atoms with Crippen LogP contribution in [-0.4, -0.2) is 21.4 Å². The van der Waals surface area contributed by atoms with Gasteiger partial charge in [-0.3, -0.25) is 4.79 Å². The molecule has 0 aliphatic carbocycles. The van der Waals surface area contributed by atoms with Crippen LogP contribution in [0.4, 0.5) is 5.69 Å². The summed E-state index contributed by atoms with van der Waals surface area (Å²) in [6, 6.07) is 20.8. The van der Waals surface area contributed by atoms with Crippen molar-refractivity contribution in [3.05, 3.63) is 88.9 Å². The van der Waals surface area contributed by atoms with Crippen LogP contribution in [0.5, 0.6) is 5.75 Å². The van der Waals surface area contributed by atoms with Crippen LogP contribution in [0.15, 0.2) is 77.7 Å². The molecular weight excluding hydrogens is 436 g/mol. The van der Waals surface area contributed by atoms with E-state index in [-0.39, 0.29) is 23.8 Å². The van der Waals surface area contributed by atoms with E-state index in [0.717, 1.165) is 11.1 Å². The van der Waals surface area contributed by atoms with Crippen molar-refractivity contribution in [2.45, 2.75) is 24.3 Å². The van der Waals surface area contributed by atoms with E-state index in [4.69, 9.17) is 16.3 Å². The Morgan fingerprint density at radius 3 is 2.35 bits per heavy atom. The number of sulfonamides is 1. The Hall–Kier alpha value is -2.87. The third-order valence-corrected chi connectivity index (χ3v) is 6.27. The largest absolute Gasteiger partial charge is 0.495 e. The zero-order valence-corrected chi connectivity index (χ0v) is 18.5. The monoisotopic (exact) mass is 458 g/mol. The first-order valence-corrected chi connectivity index (χ1v) is 11.5. The molecule has 0 saturated carbocycles. The van der Waals surface area contributed by atoms with E-state index >= 15 is 0 Å². The van der Waals surface area contributed by atoms with E-state index in [1.165, 1.54) is 7.11 Å².